The topological polar surface area (TPSA) is 73.5 Å². The van der Waals surface area contributed by atoms with Crippen LogP contribution in [0.15, 0.2) is 30.3 Å². The summed E-state index contributed by atoms with van der Waals surface area (Å²) in [4.78, 5) is 13.6. The van der Waals surface area contributed by atoms with Crippen molar-refractivity contribution in [1.82, 2.24) is 9.97 Å². The van der Waals surface area contributed by atoms with E-state index in [1.54, 1.807) is 11.3 Å². The molecule has 2 N–H and O–H groups in total. The number of hydrogen-bond donors (Lipinski definition) is 1. The molecule has 0 bridgehead atoms. The van der Waals surface area contributed by atoms with Gasteiger partial charge < -0.3 is 19.8 Å². The van der Waals surface area contributed by atoms with E-state index in [2.05, 4.69) is 57.0 Å². The Morgan fingerprint density at radius 1 is 1.16 bits per heavy atom. The van der Waals surface area contributed by atoms with Crippen molar-refractivity contribution in [3.63, 3.8) is 0 Å². The van der Waals surface area contributed by atoms with Gasteiger partial charge in [-0.3, -0.25) is 0 Å². The van der Waals surface area contributed by atoms with Gasteiger partial charge in [-0.25, -0.2) is 9.97 Å². The lowest BCUT2D eigenvalue weighted by Crippen LogP contribution is -2.43. The van der Waals surface area contributed by atoms with Gasteiger partial charge in [0.15, 0.2) is 11.6 Å². The van der Waals surface area contributed by atoms with E-state index in [9.17, 15) is 0 Å². The Bertz CT molecular complexity index is 1090. The van der Waals surface area contributed by atoms with Crippen LogP contribution in [0.2, 0.25) is 18.1 Å². The normalized spacial score (nSPS) is 15.4. The molecule has 1 aliphatic rings. The van der Waals surface area contributed by atoms with Crippen molar-refractivity contribution in [1.29, 1.82) is 0 Å². The van der Waals surface area contributed by atoms with Gasteiger partial charge in [-0.2, -0.15) is 0 Å². The first-order valence-corrected chi connectivity index (χ1v) is 15.0. The van der Waals surface area contributed by atoms with Crippen LogP contribution in [0.5, 0.6) is 5.75 Å². The molecule has 0 atom stereocenters. The molecular weight excluding hydrogens is 436 g/mol. The van der Waals surface area contributed by atoms with Gasteiger partial charge >= 0.3 is 0 Å². The van der Waals surface area contributed by atoms with E-state index in [-0.39, 0.29) is 5.04 Å². The van der Waals surface area contributed by atoms with Crippen molar-refractivity contribution < 1.29 is 9.16 Å². The fourth-order valence-corrected chi connectivity index (χ4v) is 5.64. The van der Waals surface area contributed by atoms with Gasteiger partial charge in [0.25, 0.3) is 0 Å². The van der Waals surface area contributed by atoms with Crippen molar-refractivity contribution in [3.05, 3.63) is 35.2 Å². The first-order chi connectivity index (χ1) is 15.2. The fraction of sp³-hybridized carbons (Fsp3) is 0.500. The maximum absolute atomic E-state index is 6.54. The minimum absolute atomic E-state index is 0.137. The molecule has 6 nitrogen and oxygen atoms in total. The molecule has 173 valence electrons. The third-order valence-corrected chi connectivity index (χ3v) is 11.9. The summed E-state index contributed by atoms with van der Waals surface area (Å²) in [5, 5.41) is 0.137. The van der Waals surface area contributed by atoms with Gasteiger partial charge in [0.05, 0.1) is 29.2 Å². The molecule has 1 aliphatic heterocycles. The van der Waals surface area contributed by atoms with Gasteiger partial charge in [0, 0.05) is 31.8 Å². The quantitative estimate of drug-likeness (QED) is 0.507. The van der Waals surface area contributed by atoms with Crippen LogP contribution < -0.4 is 15.1 Å². The monoisotopic (exact) mass is 470 g/mol. The fourth-order valence-electron chi connectivity index (χ4n) is 3.49. The number of ether oxygens (including phenoxy) is 1. The van der Waals surface area contributed by atoms with E-state index in [4.69, 9.17) is 24.9 Å². The average Bonchev–Trinajstić information content (AvgIpc) is 3.15. The molecule has 0 unspecified atom stereocenters. The number of fused-ring (bicyclic) bond motifs is 1. The molecule has 0 spiro atoms. The third kappa shape index (κ3) is 4.83. The van der Waals surface area contributed by atoms with Crippen molar-refractivity contribution in [2.75, 3.05) is 37.7 Å². The van der Waals surface area contributed by atoms with Gasteiger partial charge in [-0.15, -0.1) is 29.5 Å². The Morgan fingerprint density at radius 3 is 2.59 bits per heavy atom. The molecule has 3 aromatic rings. The Balaban J connectivity index is 1.75. The maximum Gasteiger partial charge on any atom is 0.162 e. The van der Waals surface area contributed by atoms with Crippen LogP contribution in [0.25, 0.3) is 21.6 Å². The molecule has 3 heterocycles. The van der Waals surface area contributed by atoms with E-state index in [1.165, 1.54) is 4.88 Å². The number of nitrogens with two attached hydrogens (primary N) is 1. The van der Waals surface area contributed by atoms with E-state index in [1.807, 2.05) is 12.1 Å². The second-order valence-electron chi connectivity index (χ2n) is 9.83. The molecule has 4 rings (SSSR count). The van der Waals surface area contributed by atoms with E-state index >= 15 is 0 Å². The average molecular weight is 471 g/mol. The van der Waals surface area contributed by atoms with E-state index < -0.39 is 8.32 Å². The summed E-state index contributed by atoms with van der Waals surface area (Å²) in [5.74, 6) is 2.62. The second kappa shape index (κ2) is 9.09. The summed E-state index contributed by atoms with van der Waals surface area (Å²) in [7, 11) is -1.93. The highest BCUT2D eigenvalue weighted by Crippen LogP contribution is 2.39. The van der Waals surface area contributed by atoms with Gasteiger partial charge in [-0.05, 0) is 31.2 Å². The molecule has 0 saturated carbocycles. The largest absolute Gasteiger partial charge is 0.689 e. The highest BCUT2D eigenvalue weighted by Gasteiger charge is 2.26. The lowest BCUT2D eigenvalue weighted by molar-refractivity contribution is 0.122. The minimum atomic E-state index is -1.93. The first-order valence-electron chi connectivity index (χ1n) is 11.3. The third-order valence-electron chi connectivity index (χ3n) is 6.38. The predicted molar refractivity (Wildman–Crippen MR) is 136 cm³/mol. The number of nitrogens with zero attached hydrogens (tertiary/aromatic N) is 3. The molecule has 0 radical (unpaired) electrons. The number of anilines is 1. The van der Waals surface area contributed by atoms with E-state index in [0.29, 0.717) is 6.54 Å². The highest BCUT2D eigenvalue weighted by atomic mass is 32.1. The lowest BCUT2D eigenvalue weighted by atomic mass is 10.2. The molecule has 2 aromatic heterocycles. The predicted octanol–water partition coefficient (Wildman–Crippen LogP) is 5.08. The van der Waals surface area contributed by atoms with Gasteiger partial charge in [0.2, 0.25) is 0 Å². The SMILES string of the molecule is CC(C)(C)[Si-](C)(C)Oc1cccc(-c2nc(N3CCOCC3)c3sc(CCN)cc3n2)c1. The first kappa shape index (κ1) is 23.2. The summed E-state index contributed by atoms with van der Waals surface area (Å²) >= 11 is 1.75. The number of rotatable bonds is 6. The van der Waals surface area contributed by atoms with Crippen LogP contribution in [0.1, 0.15) is 25.6 Å². The number of benzene rings is 1. The number of thiophene rings is 1. The van der Waals surface area contributed by atoms with Crippen LogP contribution in [-0.2, 0) is 11.2 Å². The lowest BCUT2D eigenvalue weighted by Gasteiger charge is -2.48. The van der Waals surface area contributed by atoms with Crippen molar-refractivity contribution in [2.24, 2.45) is 5.73 Å². The van der Waals surface area contributed by atoms with E-state index in [0.717, 1.165) is 65.9 Å². The van der Waals surface area contributed by atoms with Crippen molar-refractivity contribution in [3.8, 4) is 17.1 Å². The summed E-state index contributed by atoms with van der Waals surface area (Å²) in [5.41, 5.74) is 7.78. The molecule has 1 aromatic carbocycles. The zero-order valence-corrected chi connectivity index (χ0v) is 21.6. The number of hydrogen-bond acceptors (Lipinski definition) is 7. The number of aromatic nitrogens is 2. The molecule has 1 fully saturated rings. The summed E-state index contributed by atoms with van der Waals surface area (Å²) in [6, 6.07) is 10.4. The van der Waals surface area contributed by atoms with Gasteiger partial charge in [0.1, 0.15) is 0 Å². The second-order valence-corrected chi connectivity index (χ2v) is 15.7. The summed E-state index contributed by atoms with van der Waals surface area (Å²) in [6.45, 7) is 15.0. The zero-order chi connectivity index (χ0) is 22.9. The summed E-state index contributed by atoms with van der Waals surface area (Å²) < 4.78 is 13.2. The zero-order valence-electron chi connectivity index (χ0n) is 19.8. The van der Waals surface area contributed by atoms with Crippen molar-refractivity contribution >= 4 is 35.7 Å². The standard InChI is InChI=1S/C24H34N4O2SSi/c1-24(2,3)32(4,5)30-18-8-6-7-17(15-18)22-26-20-16-19(9-10-25)31-21(20)23(27-22)28-11-13-29-14-12-28/h6-8,15-16H,9-14,25H2,1-5H3/q-1. The van der Waals surface area contributed by atoms with Crippen LogP contribution in [0.3, 0.4) is 0 Å². The Labute approximate surface area is 195 Å². The molecule has 0 amide bonds. The van der Waals surface area contributed by atoms with Crippen molar-refractivity contribution in [2.45, 2.75) is 45.3 Å². The van der Waals surface area contributed by atoms with Gasteiger partial charge in [-0.1, -0.05) is 32.9 Å². The van der Waals surface area contributed by atoms with Crippen LogP contribution in [0.4, 0.5) is 5.82 Å². The molecule has 8 heteroatoms. The Morgan fingerprint density at radius 2 is 1.91 bits per heavy atom. The molecule has 1 saturated heterocycles. The van der Waals surface area contributed by atoms with Crippen LogP contribution in [-0.4, -0.2) is 51.1 Å². The Hall–Kier alpha value is -2.00. The van der Waals surface area contributed by atoms with Crippen LogP contribution >= 0.6 is 11.3 Å². The summed E-state index contributed by atoms with van der Waals surface area (Å²) in [6.07, 6.45) is 0.856. The molecular formula is C24H34N4O2SSi-. The Kier molecular flexibility index (Phi) is 6.58. The minimum Gasteiger partial charge on any atom is -0.689 e. The maximum atomic E-state index is 6.54. The molecule has 0 aliphatic carbocycles. The molecule has 32 heavy (non-hydrogen) atoms. The highest BCUT2D eigenvalue weighted by molar-refractivity contribution is 7.19. The number of morpholine rings is 1. The smallest absolute Gasteiger partial charge is 0.162 e. The van der Waals surface area contributed by atoms with Crippen LogP contribution in [0, 0.1) is 0 Å².